The molecule has 0 saturated carbocycles. The van der Waals surface area contributed by atoms with Gasteiger partial charge in [-0.15, -0.1) is 11.3 Å². The van der Waals surface area contributed by atoms with Gasteiger partial charge in [0.15, 0.2) is 0 Å². The Labute approximate surface area is 138 Å². The van der Waals surface area contributed by atoms with Crippen molar-refractivity contribution in [3.63, 3.8) is 0 Å². The summed E-state index contributed by atoms with van der Waals surface area (Å²) < 4.78 is 0. The summed E-state index contributed by atoms with van der Waals surface area (Å²) in [4.78, 5) is 26.5. The maximum atomic E-state index is 12.2. The molecule has 0 spiro atoms. The molecular weight excluding hydrogens is 320 g/mol. The van der Waals surface area contributed by atoms with Gasteiger partial charge in [-0.2, -0.15) is 0 Å². The van der Waals surface area contributed by atoms with E-state index < -0.39 is 0 Å². The molecule has 22 heavy (non-hydrogen) atoms. The minimum atomic E-state index is 0.0575. The van der Waals surface area contributed by atoms with Crippen LogP contribution in [0.1, 0.15) is 10.4 Å². The van der Waals surface area contributed by atoms with Gasteiger partial charge in [0.2, 0.25) is 5.91 Å². The molecule has 0 radical (unpaired) electrons. The second-order valence-electron chi connectivity index (χ2n) is 5.52. The number of amides is 1. The van der Waals surface area contributed by atoms with E-state index in [1.807, 2.05) is 30.0 Å². The summed E-state index contributed by atoms with van der Waals surface area (Å²) in [6.07, 6.45) is 5.84. The SMILES string of the molecule is CN(C)CC=CC(=O)N1CCc2c(sc3ncnc(Cl)c23)C1. The Balaban J connectivity index is 1.80. The van der Waals surface area contributed by atoms with Crippen LogP contribution in [-0.2, 0) is 17.8 Å². The van der Waals surface area contributed by atoms with Crippen molar-refractivity contribution in [2.24, 2.45) is 0 Å². The van der Waals surface area contributed by atoms with Crippen LogP contribution < -0.4 is 0 Å². The smallest absolute Gasteiger partial charge is 0.246 e. The van der Waals surface area contributed by atoms with Gasteiger partial charge in [0.25, 0.3) is 0 Å². The Morgan fingerprint density at radius 1 is 1.50 bits per heavy atom. The van der Waals surface area contributed by atoms with E-state index >= 15 is 0 Å². The van der Waals surface area contributed by atoms with Crippen LogP contribution in [-0.4, -0.2) is 52.9 Å². The van der Waals surface area contributed by atoms with Crippen LogP contribution in [0.15, 0.2) is 18.5 Å². The summed E-state index contributed by atoms with van der Waals surface area (Å²) in [7, 11) is 3.95. The fourth-order valence-corrected chi connectivity index (χ4v) is 4.05. The van der Waals surface area contributed by atoms with Crippen LogP contribution in [0.2, 0.25) is 5.15 Å². The molecule has 0 N–H and O–H groups in total. The average Bonchev–Trinajstić information content (AvgIpc) is 2.85. The van der Waals surface area contributed by atoms with Gasteiger partial charge in [-0.3, -0.25) is 4.79 Å². The molecule has 7 heteroatoms. The van der Waals surface area contributed by atoms with Gasteiger partial charge in [0, 0.05) is 24.0 Å². The van der Waals surface area contributed by atoms with E-state index in [9.17, 15) is 4.79 Å². The highest BCUT2D eigenvalue weighted by molar-refractivity contribution is 7.19. The number of likely N-dealkylation sites (N-methyl/N-ethyl adjacent to an activating group) is 1. The van der Waals surface area contributed by atoms with Crippen molar-refractivity contribution in [1.82, 2.24) is 19.8 Å². The monoisotopic (exact) mass is 336 g/mol. The van der Waals surface area contributed by atoms with E-state index in [4.69, 9.17) is 11.6 Å². The molecule has 1 amide bonds. The number of hydrogen-bond donors (Lipinski definition) is 0. The van der Waals surface area contributed by atoms with Crippen LogP contribution in [0.3, 0.4) is 0 Å². The predicted octanol–water partition coefficient (Wildman–Crippen LogP) is 2.35. The third-order valence-corrected chi connectivity index (χ3v) is 5.04. The molecule has 0 bridgehead atoms. The Morgan fingerprint density at radius 3 is 3.09 bits per heavy atom. The minimum Gasteiger partial charge on any atom is -0.334 e. The van der Waals surface area contributed by atoms with E-state index in [-0.39, 0.29) is 5.91 Å². The van der Waals surface area contributed by atoms with E-state index in [1.54, 1.807) is 17.4 Å². The topological polar surface area (TPSA) is 49.3 Å². The number of nitrogens with zero attached hydrogens (tertiary/aromatic N) is 4. The fraction of sp³-hybridized carbons (Fsp3) is 0.400. The van der Waals surface area contributed by atoms with Crippen molar-refractivity contribution in [2.75, 3.05) is 27.2 Å². The number of fused-ring (bicyclic) bond motifs is 3. The van der Waals surface area contributed by atoms with Crippen molar-refractivity contribution in [2.45, 2.75) is 13.0 Å². The Bertz CT molecular complexity index is 740. The number of carbonyl (C=O) groups excluding carboxylic acids is 1. The average molecular weight is 337 g/mol. The van der Waals surface area contributed by atoms with Crippen LogP contribution in [0.25, 0.3) is 10.2 Å². The molecule has 2 aromatic rings. The zero-order chi connectivity index (χ0) is 15.7. The van der Waals surface area contributed by atoms with Crippen LogP contribution >= 0.6 is 22.9 Å². The van der Waals surface area contributed by atoms with E-state index in [2.05, 4.69) is 9.97 Å². The van der Waals surface area contributed by atoms with Gasteiger partial charge in [0.05, 0.1) is 11.9 Å². The highest BCUT2D eigenvalue weighted by Gasteiger charge is 2.24. The highest BCUT2D eigenvalue weighted by atomic mass is 35.5. The first-order valence-electron chi connectivity index (χ1n) is 7.07. The minimum absolute atomic E-state index is 0.0575. The molecule has 0 fully saturated rings. The van der Waals surface area contributed by atoms with Crippen LogP contribution in [0.4, 0.5) is 0 Å². The molecule has 116 valence electrons. The number of hydrogen-bond acceptors (Lipinski definition) is 5. The summed E-state index contributed by atoms with van der Waals surface area (Å²) in [6.45, 7) is 2.09. The summed E-state index contributed by atoms with van der Waals surface area (Å²) in [5, 5.41) is 1.47. The zero-order valence-corrected chi connectivity index (χ0v) is 14.1. The molecule has 3 heterocycles. The lowest BCUT2D eigenvalue weighted by Gasteiger charge is -2.26. The molecule has 0 saturated heterocycles. The largest absolute Gasteiger partial charge is 0.334 e. The van der Waals surface area contributed by atoms with Crippen molar-refractivity contribution < 1.29 is 4.79 Å². The third-order valence-electron chi connectivity index (χ3n) is 3.63. The van der Waals surface area contributed by atoms with Crippen LogP contribution in [0, 0.1) is 0 Å². The molecule has 0 atom stereocenters. The summed E-state index contributed by atoms with van der Waals surface area (Å²) >= 11 is 7.79. The lowest BCUT2D eigenvalue weighted by atomic mass is 10.1. The first-order valence-corrected chi connectivity index (χ1v) is 8.26. The van der Waals surface area contributed by atoms with Gasteiger partial charge in [0.1, 0.15) is 16.3 Å². The molecule has 3 rings (SSSR count). The molecular formula is C15H17ClN4OS. The highest BCUT2D eigenvalue weighted by Crippen LogP contribution is 2.36. The standard InChI is InChI=1S/C15H17ClN4OS/c1-19(2)6-3-4-12(21)20-7-5-10-11(8-20)22-15-13(10)14(16)17-9-18-15/h3-4,9H,5-8H2,1-2H3. The number of aromatic nitrogens is 2. The molecule has 5 nitrogen and oxygen atoms in total. The van der Waals surface area contributed by atoms with Gasteiger partial charge >= 0.3 is 0 Å². The Kier molecular flexibility index (Phi) is 4.42. The van der Waals surface area contributed by atoms with Crippen molar-refractivity contribution in [3.8, 4) is 0 Å². The quantitative estimate of drug-likeness (QED) is 0.637. The van der Waals surface area contributed by atoms with Gasteiger partial charge in [-0.05, 0) is 26.1 Å². The first kappa shape index (κ1) is 15.4. The molecule has 0 unspecified atom stereocenters. The first-order chi connectivity index (χ1) is 10.6. The van der Waals surface area contributed by atoms with Gasteiger partial charge in [-0.25, -0.2) is 9.97 Å². The molecule has 0 aliphatic carbocycles. The third kappa shape index (κ3) is 2.99. The second-order valence-corrected chi connectivity index (χ2v) is 6.96. The van der Waals surface area contributed by atoms with Crippen molar-refractivity contribution in [3.05, 3.63) is 34.1 Å². The zero-order valence-electron chi connectivity index (χ0n) is 12.5. The Morgan fingerprint density at radius 2 is 2.32 bits per heavy atom. The summed E-state index contributed by atoms with van der Waals surface area (Å²) in [6, 6.07) is 0. The van der Waals surface area contributed by atoms with Crippen molar-refractivity contribution in [1.29, 1.82) is 0 Å². The molecule has 2 aromatic heterocycles. The molecule has 0 aromatic carbocycles. The molecule has 1 aliphatic heterocycles. The second kappa shape index (κ2) is 6.32. The van der Waals surface area contributed by atoms with E-state index in [1.165, 1.54) is 11.9 Å². The van der Waals surface area contributed by atoms with E-state index in [0.29, 0.717) is 18.2 Å². The van der Waals surface area contributed by atoms with E-state index in [0.717, 1.165) is 28.1 Å². The Hall–Kier alpha value is -1.50. The molecule has 1 aliphatic rings. The lowest BCUT2D eigenvalue weighted by Crippen LogP contribution is -2.34. The number of rotatable bonds is 3. The maximum absolute atomic E-state index is 12.2. The maximum Gasteiger partial charge on any atom is 0.246 e. The lowest BCUT2D eigenvalue weighted by molar-refractivity contribution is -0.126. The van der Waals surface area contributed by atoms with Crippen LogP contribution in [0.5, 0.6) is 0 Å². The predicted molar refractivity (Wildman–Crippen MR) is 89.2 cm³/mol. The number of carbonyl (C=O) groups is 1. The van der Waals surface area contributed by atoms with Gasteiger partial charge < -0.3 is 9.80 Å². The van der Waals surface area contributed by atoms with Crippen molar-refractivity contribution >= 4 is 39.1 Å². The fourth-order valence-electron chi connectivity index (χ4n) is 2.55. The van der Waals surface area contributed by atoms with Gasteiger partial charge in [-0.1, -0.05) is 17.7 Å². The number of thiophene rings is 1. The normalized spacial score (nSPS) is 15.0. The number of halogens is 1. The summed E-state index contributed by atoms with van der Waals surface area (Å²) in [5.74, 6) is 0.0575. The summed E-state index contributed by atoms with van der Waals surface area (Å²) in [5.41, 5.74) is 1.20.